The molecule has 2 aliphatic heterocycles. The third-order valence-electron chi connectivity index (χ3n) is 11.5. The number of aryl methyl sites for hydroxylation is 1. The lowest BCUT2D eigenvalue weighted by atomic mass is 9.94. The van der Waals surface area contributed by atoms with Crippen molar-refractivity contribution in [3.63, 3.8) is 0 Å². The van der Waals surface area contributed by atoms with Gasteiger partial charge in [-0.2, -0.15) is 0 Å². The Balaban J connectivity index is 1.04. The zero-order valence-electron chi connectivity index (χ0n) is 28.7. The summed E-state index contributed by atoms with van der Waals surface area (Å²) in [6, 6.07) is 13.0. The number of ketones is 1. The Bertz CT molecular complexity index is 1940. The van der Waals surface area contributed by atoms with Gasteiger partial charge in [0, 0.05) is 17.4 Å². The molecular weight excluding hydrogens is 653 g/mol. The number of aromatic nitrogens is 2. The molecule has 2 aromatic carbocycles. The molecule has 0 bridgehead atoms. The fraction of sp³-hybridized carbons (Fsp3) is 0.500. The van der Waals surface area contributed by atoms with Gasteiger partial charge in [0.2, 0.25) is 17.6 Å². The molecule has 4 N–H and O–H groups in total. The van der Waals surface area contributed by atoms with Crippen LogP contribution in [-0.2, 0) is 14.3 Å². The molecule has 2 aromatic heterocycles. The number of ether oxygens (including phenoxy) is 1. The topological polar surface area (TPSA) is 146 Å². The molecule has 8 rings (SSSR count). The Hall–Kier alpha value is -4.13. The molecule has 2 saturated heterocycles. The number of hydrogen-bond acceptors (Lipinski definition) is 8. The molecule has 50 heavy (non-hydrogen) atoms. The minimum absolute atomic E-state index is 0.0171. The number of nitrogens with one attached hydrogen (secondary N) is 4. The van der Waals surface area contributed by atoms with Crippen LogP contribution in [0.25, 0.3) is 21.1 Å². The monoisotopic (exact) mass is 696 g/mol. The first-order valence-corrected chi connectivity index (χ1v) is 18.6. The Morgan fingerprint density at radius 1 is 1.08 bits per heavy atom. The van der Waals surface area contributed by atoms with Gasteiger partial charge in [-0.1, -0.05) is 38.1 Å². The van der Waals surface area contributed by atoms with Gasteiger partial charge in [-0.3, -0.25) is 24.5 Å². The van der Waals surface area contributed by atoms with Gasteiger partial charge < -0.3 is 25.3 Å². The molecule has 0 spiro atoms. The van der Waals surface area contributed by atoms with Crippen LogP contribution < -0.4 is 16.0 Å². The van der Waals surface area contributed by atoms with Gasteiger partial charge in [0.05, 0.1) is 29.6 Å². The number of benzene rings is 2. The molecule has 4 fully saturated rings. The van der Waals surface area contributed by atoms with Gasteiger partial charge >= 0.3 is 0 Å². The quantitative estimate of drug-likeness (QED) is 0.180. The van der Waals surface area contributed by atoms with Gasteiger partial charge in [-0.05, 0) is 98.1 Å². The number of H-pyrrole nitrogens is 1. The first-order valence-electron chi connectivity index (χ1n) is 17.8. The Morgan fingerprint density at radius 2 is 1.90 bits per heavy atom. The Morgan fingerprint density at radius 3 is 2.68 bits per heavy atom. The molecule has 4 heterocycles. The lowest BCUT2D eigenvalue weighted by molar-refractivity contribution is -0.142. The van der Waals surface area contributed by atoms with Crippen molar-refractivity contribution in [3.8, 4) is 0 Å². The number of hydrogen-bond donors (Lipinski definition) is 4. The van der Waals surface area contributed by atoms with Crippen LogP contribution >= 0.6 is 11.3 Å². The van der Waals surface area contributed by atoms with Crippen molar-refractivity contribution >= 4 is 56.0 Å². The highest BCUT2D eigenvalue weighted by Crippen LogP contribution is 2.65. The van der Waals surface area contributed by atoms with Crippen LogP contribution in [-0.4, -0.2) is 82.9 Å². The van der Waals surface area contributed by atoms with E-state index in [1.807, 2.05) is 55.5 Å². The van der Waals surface area contributed by atoms with Crippen molar-refractivity contribution in [2.45, 2.75) is 64.6 Å². The minimum atomic E-state index is -0.822. The summed E-state index contributed by atoms with van der Waals surface area (Å²) >= 11 is 1.33. The van der Waals surface area contributed by atoms with E-state index in [9.17, 15) is 19.2 Å². The molecule has 12 heteroatoms. The second kappa shape index (κ2) is 12.9. The van der Waals surface area contributed by atoms with Gasteiger partial charge in [-0.25, -0.2) is 4.98 Å². The van der Waals surface area contributed by atoms with Crippen LogP contribution in [0, 0.1) is 36.0 Å². The molecule has 2 aliphatic carbocycles. The summed E-state index contributed by atoms with van der Waals surface area (Å²) in [4.78, 5) is 66.1. The van der Waals surface area contributed by atoms with Crippen molar-refractivity contribution in [1.82, 2.24) is 30.8 Å². The number of Topliss-reactive ketones (excluding diaryl/α,β-unsaturated/α-hetero) is 1. The van der Waals surface area contributed by atoms with E-state index in [1.54, 1.807) is 4.90 Å². The number of piperidine rings is 1. The number of likely N-dealkylation sites (tertiary alicyclic amines) is 1. The summed E-state index contributed by atoms with van der Waals surface area (Å²) in [6.45, 7) is 8.42. The molecule has 4 aliphatic rings. The number of aromatic amines is 1. The fourth-order valence-corrected chi connectivity index (χ4v) is 9.30. The van der Waals surface area contributed by atoms with E-state index in [4.69, 9.17) is 4.74 Å². The van der Waals surface area contributed by atoms with Crippen LogP contribution in [0.4, 0.5) is 0 Å². The smallest absolute Gasteiger partial charge is 0.268 e. The molecule has 6 atom stereocenters. The maximum atomic E-state index is 14.5. The van der Waals surface area contributed by atoms with Crippen molar-refractivity contribution in [1.29, 1.82) is 0 Å². The third kappa shape index (κ3) is 6.11. The molecule has 2 saturated carbocycles. The standard InChI is InChI=1S/C38H44N6O5S/c1-20-7-6-9-25-23(20)16-28(40-25)34(46)43-31(22-11-12-22)37(48)44-17-24-30(38(24,2)3)32(44)35(47)41-27(15-21-13-14-39-19-49-18-21)33(45)36-42-26-8-4-5-10-29(26)50-36/h4-10,16,21-22,24,27,30-32,39-40H,11-15,17-19H2,1-3H3,(H,41,47)(H,43,46)/t21-,24-,27-,30-,31-,32-/m0/s1. The Labute approximate surface area is 294 Å². The SMILES string of the molecule is Cc1cccc2[nH]c(C(=O)N[C@H](C(=O)N3C[C@H]4[C@@H]([C@H]3C(=O)N[C@@H](C[C@@H]3CCNCOC3)C(=O)c3nc5ccccc5s3)C4(C)C)C3CC3)cc12. The highest BCUT2D eigenvalue weighted by Gasteiger charge is 2.70. The maximum absolute atomic E-state index is 14.5. The van der Waals surface area contributed by atoms with E-state index in [-0.39, 0.29) is 52.6 Å². The summed E-state index contributed by atoms with van der Waals surface area (Å²) in [7, 11) is 0. The average Bonchev–Trinajstić information content (AvgIpc) is 3.82. The molecule has 0 unspecified atom stereocenters. The fourth-order valence-electron chi connectivity index (χ4n) is 8.34. The third-order valence-corrected chi connectivity index (χ3v) is 12.6. The normalized spacial score (nSPS) is 25.5. The first-order chi connectivity index (χ1) is 24.1. The van der Waals surface area contributed by atoms with Gasteiger partial charge in [0.1, 0.15) is 17.8 Å². The van der Waals surface area contributed by atoms with Gasteiger partial charge in [0.25, 0.3) is 5.91 Å². The van der Waals surface area contributed by atoms with E-state index in [2.05, 4.69) is 39.8 Å². The predicted molar refractivity (Wildman–Crippen MR) is 191 cm³/mol. The van der Waals surface area contributed by atoms with Crippen molar-refractivity contribution < 1.29 is 23.9 Å². The summed E-state index contributed by atoms with van der Waals surface area (Å²) in [5.74, 6) is -0.916. The largest absolute Gasteiger partial charge is 0.366 e. The molecule has 0 radical (unpaired) electrons. The average molecular weight is 697 g/mol. The summed E-state index contributed by atoms with van der Waals surface area (Å²) < 4.78 is 6.66. The molecule has 262 valence electrons. The number of rotatable bonds is 10. The number of amides is 3. The lowest BCUT2D eigenvalue weighted by Crippen LogP contribution is -2.58. The summed E-state index contributed by atoms with van der Waals surface area (Å²) in [6.07, 6.45) is 2.89. The minimum Gasteiger partial charge on any atom is -0.366 e. The second-order valence-corrected chi connectivity index (χ2v) is 16.2. The van der Waals surface area contributed by atoms with Crippen LogP contribution in [0.1, 0.15) is 65.4 Å². The number of para-hydroxylation sites is 1. The summed E-state index contributed by atoms with van der Waals surface area (Å²) in [5, 5.41) is 10.7. The first kappa shape index (κ1) is 33.0. The summed E-state index contributed by atoms with van der Waals surface area (Å²) in [5.41, 5.74) is 2.96. The number of carbonyl (C=O) groups is 4. The number of nitrogens with zero attached hydrogens (tertiary/aromatic N) is 2. The number of carbonyl (C=O) groups excluding carboxylic acids is 4. The van der Waals surface area contributed by atoms with Crippen molar-refractivity contribution in [3.05, 3.63) is 64.8 Å². The maximum Gasteiger partial charge on any atom is 0.268 e. The zero-order valence-corrected chi connectivity index (χ0v) is 29.5. The Kier molecular flexibility index (Phi) is 8.51. The van der Waals surface area contributed by atoms with E-state index in [0.29, 0.717) is 37.0 Å². The number of fused-ring (bicyclic) bond motifs is 3. The van der Waals surface area contributed by atoms with E-state index < -0.39 is 18.1 Å². The zero-order chi connectivity index (χ0) is 34.7. The molecule has 3 amide bonds. The van der Waals surface area contributed by atoms with E-state index in [0.717, 1.165) is 52.5 Å². The predicted octanol–water partition coefficient (Wildman–Crippen LogP) is 4.42. The molecule has 11 nitrogen and oxygen atoms in total. The van der Waals surface area contributed by atoms with Crippen LogP contribution in [0.5, 0.6) is 0 Å². The van der Waals surface area contributed by atoms with Crippen molar-refractivity contribution in [2.24, 2.45) is 29.1 Å². The van der Waals surface area contributed by atoms with Crippen LogP contribution in [0.2, 0.25) is 0 Å². The van der Waals surface area contributed by atoms with E-state index >= 15 is 0 Å². The number of thiazole rings is 1. The van der Waals surface area contributed by atoms with Gasteiger partial charge in [-0.15, -0.1) is 11.3 Å². The van der Waals surface area contributed by atoms with Crippen LogP contribution in [0.3, 0.4) is 0 Å². The second-order valence-electron chi connectivity index (χ2n) is 15.2. The van der Waals surface area contributed by atoms with Crippen molar-refractivity contribution in [2.75, 3.05) is 26.4 Å². The lowest BCUT2D eigenvalue weighted by Gasteiger charge is -2.34. The molecular formula is C38H44N6O5S. The van der Waals surface area contributed by atoms with Crippen LogP contribution in [0.15, 0.2) is 48.5 Å². The highest BCUT2D eigenvalue weighted by molar-refractivity contribution is 7.20. The highest BCUT2D eigenvalue weighted by atomic mass is 32.1. The molecule has 4 aromatic rings. The van der Waals surface area contributed by atoms with E-state index in [1.165, 1.54) is 11.3 Å². The van der Waals surface area contributed by atoms with Gasteiger partial charge in [0.15, 0.2) is 5.01 Å².